The molecule has 0 fully saturated rings. The van der Waals surface area contributed by atoms with Crippen molar-refractivity contribution >= 4 is 23.4 Å². The Bertz CT molecular complexity index is 1160. The summed E-state index contributed by atoms with van der Waals surface area (Å²) in [5, 5.41) is 3.35. The molecule has 0 saturated carbocycles. The summed E-state index contributed by atoms with van der Waals surface area (Å²) in [7, 11) is 4.75. The first-order valence-electron chi connectivity index (χ1n) is 11.1. The van der Waals surface area contributed by atoms with Gasteiger partial charge in [0.25, 0.3) is 0 Å². The quantitative estimate of drug-likeness (QED) is 0.556. The van der Waals surface area contributed by atoms with Crippen molar-refractivity contribution in [1.82, 2.24) is 14.8 Å². The molecule has 0 spiro atoms. The van der Waals surface area contributed by atoms with Crippen molar-refractivity contribution in [2.75, 3.05) is 21.3 Å². The molecule has 0 aliphatic carbocycles. The van der Waals surface area contributed by atoms with E-state index >= 15 is 0 Å². The second-order valence-electron chi connectivity index (χ2n) is 8.23. The summed E-state index contributed by atoms with van der Waals surface area (Å²) in [6, 6.07) is 14.3. The summed E-state index contributed by atoms with van der Waals surface area (Å²) in [5.74, 6) is 0.894. The van der Waals surface area contributed by atoms with Gasteiger partial charge in [-0.3, -0.25) is 9.59 Å². The van der Waals surface area contributed by atoms with E-state index in [2.05, 4.69) is 5.32 Å². The largest absolute Gasteiger partial charge is 0.493 e. The Balaban J connectivity index is 1.67. The highest BCUT2D eigenvalue weighted by Crippen LogP contribution is 2.35. The summed E-state index contributed by atoms with van der Waals surface area (Å²) < 4.78 is 12.9. The van der Waals surface area contributed by atoms with E-state index in [1.165, 1.54) is 0 Å². The molecule has 2 amide bonds. The zero-order valence-electron chi connectivity index (χ0n) is 19.5. The van der Waals surface area contributed by atoms with Crippen molar-refractivity contribution in [2.45, 2.75) is 31.5 Å². The van der Waals surface area contributed by atoms with Crippen molar-refractivity contribution in [3.63, 3.8) is 0 Å². The zero-order chi connectivity index (χ0) is 24.2. The van der Waals surface area contributed by atoms with Gasteiger partial charge in [0, 0.05) is 37.4 Å². The predicted octanol–water partition coefficient (Wildman–Crippen LogP) is 3.84. The third-order valence-electron chi connectivity index (χ3n) is 6.32. The van der Waals surface area contributed by atoms with Crippen molar-refractivity contribution in [3.8, 4) is 11.5 Å². The highest BCUT2D eigenvalue weighted by Gasteiger charge is 2.36. The molecule has 34 heavy (non-hydrogen) atoms. The number of methoxy groups -OCH3 is 2. The Morgan fingerprint density at radius 2 is 1.68 bits per heavy atom. The van der Waals surface area contributed by atoms with Crippen LogP contribution in [0, 0.1) is 0 Å². The average Bonchev–Trinajstić information content (AvgIpc) is 3.40. The van der Waals surface area contributed by atoms with Gasteiger partial charge in [0.1, 0.15) is 6.04 Å². The monoisotopic (exact) mass is 481 g/mol. The molecule has 2 atom stereocenters. The average molecular weight is 482 g/mol. The lowest BCUT2D eigenvalue weighted by Gasteiger charge is -2.37. The van der Waals surface area contributed by atoms with Gasteiger partial charge in [0.05, 0.1) is 26.7 Å². The highest BCUT2D eigenvalue weighted by atomic mass is 35.5. The van der Waals surface area contributed by atoms with E-state index in [1.54, 1.807) is 26.2 Å². The zero-order valence-corrected chi connectivity index (χ0v) is 20.2. The lowest BCUT2D eigenvalue weighted by molar-refractivity contribution is -0.142. The predicted molar refractivity (Wildman–Crippen MR) is 130 cm³/mol. The van der Waals surface area contributed by atoms with Crippen LogP contribution in [0.3, 0.4) is 0 Å². The molecule has 4 rings (SSSR count). The molecule has 1 aliphatic rings. The Morgan fingerprint density at radius 3 is 2.26 bits per heavy atom. The number of hydrogen-bond donors (Lipinski definition) is 1. The number of aromatic nitrogens is 1. The maximum atomic E-state index is 13.7. The van der Waals surface area contributed by atoms with Crippen LogP contribution >= 0.6 is 11.6 Å². The van der Waals surface area contributed by atoms with Crippen LogP contribution in [-0.4, -0.2) is 48.6 Å². The SMILES string of the molecule is CNC(=O)C1Cc2cc(OC)c(OC)cc2CN1C(=O)CC(c1ccc(Cl)cc1)n1cccc1. The fourth-order valence-electron chi connectivity index (χ4n) is 4.49. The van der Waals surface area contributed by atoms with Crippen molar-refractivity contribution in [2.24, 2.45) is 0 Å². The van der Waals surface area contributed by atoms with Gasteiger partial charge < -0.3 is 24.3 Å². The minimum absolute atomic E-state index is 0.109. The molecule has 1 aliphatic heterocycles. The molecule has 7 nitrogen and oxygen atoms in total. The van der Waals surface area contributed by atoms with E-state index in [0.717, 1.165) is 16.7 Å². The number of nitrogens with one attached hydrogen (secondary N) is 1. The van der Waals surface area contributed by atoms with Crippen LogP contribution in [0.4, 0.5) is 0 Å². The molecule has 2 aromatic carbocycles. The van der Waals surface area contributed by atoms with E-state index < -0.39 is 6.04 Å². The number of likely N-dealkylation sites (N-methyl/N-ethyl adjacent to an activating group) is 1. The van der Waals surface area contributed by atoms with Gasteiger partial charge in [0.15, 0.2) is 11.5 Å². The number of ether oxygens (including phenoxy) is 2. The molecule has 8 heteroatoms. The summed E-state index contributed by atoms with van der Waals surface area (Å²) in [5.41, 5.74) is 2.87. The third kappa shape index (κ3) is 4.75. The van der Waals surface area contributed by atoms with Gasteiger partial charge in [-0.25, -0.2) is 0 Å². The van der Waals surface area contributed by atoms with Crippen LogP contribution < -0.4 is 14.8 Å². The number of amides is 2. The van der Waals surface area contributed by atoms with Gasteiger partial charge in [-0.1, -0.05) is 23.7 Å². The number of benzene rings is 2. The maximum absolute atomic E-state index is 13.7. The standard InChI is InChI=1S/C26H28ClN3O4/c1-28-26(32)22-12-18-13-23(33-2)24(34-3)14-19(18)16-30(22)25(31)15-21(29-10-4-5-11-29)17-6-8-20(27)9-7-17/h4-11,13-14,21-22H,12,15-16H2,1-3H3,(H,28,32). The molecule has 0 radical (unpaired) electrons. The molecule has 2 heterocycles. The van der Waals surface area contributed by atoms with Crippen LogP contribution in [0.2, 0.25) is 5.02 Å². The van der Waals surface area contributed by atoms with E-state index in [-0.39, 0.29) is 24.3 Å². The van der Waals surface area contributed by atoms with Crippen molar-refractivity contribution in [1.29, 1.82) is 0 Å². The van der Waals surface area contributed by atoms with E-state index in [9.17, 15) is 9.59 Å². The topological polar surface area (TPSA) is 72.8 Å². The van der Waals surface area contributed by atoms with Gasteiger partial charge >= 0.3 is 0 Å². The number of carbonyl (C=O) groups excluding carboxylic acids is 2. The molecular formula is C26H28ClN3O4. The van der Waals surface area contributed by atoms with Crippen LogP contribution in [0.1, 0.15) is 29.2 Å². The maximum Gasteiger partial charge on any atom is 0.242 e. The normalized spacial score (nSPS) is 15.9. The number of halogens is 1. The Hall–Kier alpha value is -3.45. The van der Waals surface area contributed by atoms with Crippen LogP contribution in [0.25, 0.3) is 0 Å². The summed E-state index contributed by atoms with van der Waals surface area (Å²) >= 11 is 6.09. The highest BCUT2D eigenvalue weighted by molar-refractivity contribution is 6.30. The fourth-order valence-corrected chi connectivity index (χ4v) is 4.62. The Kier molecular flexibility index (Phi) is 7.12. The first kappa shape index (κ1) is 23.7. The molecule has 1 aromatic heterocycles. The van der Waals surface area contributed by atoms with Gasteiger partial charge in [0.2, 0.25) is 11.8 Å². The van der Waals surface area contributed by atoms with Gasteiger partial charge in [-0.2, -0.15) is 0 Å². The van der Waals surface area contributed by atoms with Crippen molar-refractivity contribution in [3.05, 3.63) is 82.6 Å². The van der Waals surface area contributed by atoms with Crippen LogP contribution in [0.5, 0.6) is 11.5 Å². The summed E-state index contributed by atoms with van der Waals surface area (Å²) in [6.07, 6.45) is 4.47. The summed E-state index contributed by atoms with van der Waals surface area (Å²) in [6.45, 7) is 0.311. The minimum atomic E-state index is -0.612. The van der Waals surface area contributed by atoms with E-state index in [1.807, 2.05) is 65.5 Å². The van der Waals surface area contributed by atoms with E-state index in [0.29, 0.717) is 29.5 Å². The Labute approximate surface area is 204 Å². The molecule has 0 saturated heterocycles. The third-order valence-corrected chi connectivity index (χ3v) is 6.57. The Morgan fingerprint density at radius 1 is 1.06 bits per heavy atom. The lowest BCUT2D eigenvalue weighted by atomic mass is 9.91. The van der Waals surface area contributed by atoms with Gasteiger partial charge in [-0.15, -0.1) is 0 Å². The first-order chi connectivity index (χ1) is 16.4. The fraction of sp³-hybridized carbons (Fsp3) is 0.308. The summed E-state index contributed by atoms with van der Waals surface area (Å²) in [4.78, 5) is 28.2. The second kappa shape index (κ2) is 10.2. The molecule has 3 aromatic rings. The van der Waals surface area contributed by atoms with E-state index in [4.69, 9.17) is 21.1 Å². The smallest absolute Gasteiger partial charge is 0.242 e. The van der Waals surface area contributed by atoms with Gasteiger partial charge in [-0.05, 0) is 53.1 Å². The molecule has 2 unspecified atom stereocenters. The number of hydrogen-bond acceptors (Lipinski definition) is 4. The molecule has 1 N–H and O–H groups in total. The molecule has 0 bridgehead atoms. The number of nitrogens with zero attached hydrogens (tertiary/aromatic N) is 2. The minimum Gasteiger partial charge on any atom is -0.493 e. The first-order valence-corrected chi connectivity index (χ1v) is 11.5. The molecular weight excluding hydrogens is 454 g/mol. The number of carbonyl (C=O) groups is 2. The lowest BCUT2D eigenvalue weighted by Crippen LogP contribution is -2.52. The number of fused-ring (bicyclic) bond motifs is 1. The molecule has 178 valence electrons. The second-order valence-corrected chi connectivity index (χ2v) is 8.67. The van der Waals surface area contributed by atoms with Crippen LogP contribution in [-0.2, 0) is 22.6 Å². The van der Waals surface area contributed by atoms with Crippen LogP contribution in [0.15, 0.2) is 60.9 Å². The number of rotatable bonds is 7. The van der Waals surface area contributed by atoms with Crippen molar-refractivity contribution < 1.29 is 19.1 Å².